The van der Waals surface area contributed by atoms with Crippen molar-refractivity contribution in [3.05, 3.63) is 25.3 Å². The highest BCUT2D eigenvalue weighted by atomic mass is 28.3. The predicted molar refractivity (Wildman–Crippen MR) is 49.8 cm³/mol. The standard InChI is InChI=1S/C6H12O3Si2/c1-3-5(7)8-6(4-2)11-9-10/h3-4,6H,1-2,11H2,10H3. The van der Waals surface area contributed by atoms with E-state index in [0.29, 0.717) is 10.5 Å². The van der Waals surface area contributed by atoms with Gasteiger partial charge in [-0.2, -0.15) is 0 Å². The molecular formula is C6H12O3Si2. The van der Waals surface area contributed by atoms with E-state index < -0.39 is 15.7 Å². The lowest BCUT2D eigenvalue weighted by molar-refractivity contribution is -0.138. The lowest BCUT2D eigenvalue weighted by atomic mass is 10.6. The van der Waals surface area contributed by atoms with Gasteiger partial charge in [-0.05, 0) is 0 Å². The molecule has 0 aliphatic carbocycles. The Balaban J connectivity index is 3.76. The molecule has 0 bridgehead atoms. The van der Waals surface area contributed by atoms with Crippen LogP contribution in [0.1, 0.15) is 0 Å². The lowest BCUT2D eigenvalue weighted by Gasteiger charge is -2.10. The minimum atomic E-state index is -0.764. The van der Waals surface area contributed by atoms with Crippen LogP contribution in [0, 0.1) is 0 Å². The molecule has 0 rings (SSSR count). The van der Waals surface area contributed by atoms with Gasteiger partial charge in [-0.3, -0.25) is 0 Å². The first-order valence-electron chi connectivity index (χ1n) is 3.19. The van der Waals surface area contributed by atoms with Gasteiger partial charge in [-0.15, -0.1) is 0 Å². The molecule has 0 radical (unpaired) electrons. The summed E-state index contributed by atoms with van der Waals surface area (Å²) in [4.78, 5) is 10.6. The average Bonchev–Trinajstić information content (AvgIpc) is 2.03. The first-order valence-corrected chi connectivity index (χ1v) is 5.40. The Morgan fingerprint density at radius 2 is 2.27 bits per heavy atom. The first kappa shape index (κ1) is 10.3. The van der Waals surface area contributed by atoms with Crippen molar-refractivity contribution < 1.29 is 13.6 Å². The molecule has 62 valence electrons. The minimum Gasteiger partial charge on any atom is -0.465 e. The Hall–Kier alpha value is -0.656. The lowest BCUT2D eigenvalue weighted by Crippen LogP contribution is -2.22. The third-order valence-electron chi connectivity index (χ3n) is 1.03. The molecule has 0 N–H and O–H groups in total. The van der Waals surface area contributed by atoms with E-state index >= 15 is 0 Å². The number of carbonyl (C=O) groups excluding carboxylic acids is 1. The molecule has 0 fully saturated rings. The van der Waals surface area contributed by atoms with Crippen molar-refractivity contribution in [1.82, 2.24) is 0 Å². The normalized spacial score (nSPS) is 13.1. The van der Waals surface area contributed by atoms with Crippen molar-refractivity contribution >= 4 is 26.2 Å². The van der Waals surface area contributed by atoms with Gasteiger partial charge in [0, 0.05) is 6.08 Å². The van der Waals surface area contributed by atoms with Crippen LogP contribution < -0.4 is 0 Å². The summed E-state index contributed by atoms with van der Waals surface area (Å²) in [7, 11) is -0.0734. The highest BCUT2D eigenvalue weighted by Gasteiger charge is 2.07. The molecule has 0 aromatic rings. The Morgan fingerprint density at radius 3 is 2.64 bits per heavy atom. The maximum absolute atomic E-state index is 10.6. The van der Waals surface area contributed by atoms with Crippen LogP contribution in [0.25, 0.3) is 0 Å². The molecule has 0 aliphatic rings. The summed E-state index contributed by atoms with van der Waals surface area (Å²) >= 11 is 0. The van der Waals surface area contributed by atoms with E-state index in [1.165, 1.54) is 0 Å². The summed E-state index contributed by atoms with van der Waals surface area (Å²) in [6.07, 6.45) is 2.73. The quantitative estimate of drug-likeness (QED) is 0.231. The first-order chi connectivity index (χ1) is 5.24. The fraction of sp³-hybridized carbons (Fsp3) is 0.167. The smallest absolute Gasteiger partial charge is 0.330 e. The molecule has 0 saturated heterocycles. The zero-order valence-electron chi connectivity index (χ0n) is 6.58. The molecule has 0 aromatic carbocycles. The molecule has 0 heterocycles. The summed E-state index contributed by atoms with van der Waals surface area (Å²) in [5, 5.41) is 0. The molecule has 1 unspecified atom stereocenters. The average molecular weight is 188 g/mol. The molecule has 0 saturated carbocycles. The van der Waals surface area contributed by atoms with Crippen LogP contribution in [0.3, 0.4) is 0 Å². The van der Waals surface area contributed by atoms with Gasteiger partial charge in [0.25, 0.3) is 0 Å². The van der Waals surface area contributed by atoms with Crippen molar-refractivity contribution in [1.29, 1.82) is 0 Å². The van der Waals surface area contributed by atoms with Gasteiger partial charge < -0.3 is 8.85 Å². The fourth-order valence-corrected chi connectivity index (χ4v) is 2.19. The van der Waals surface area contributed by atoms with E-state index in [1.54, 1.807) is 6.08 Å². The molecular weight excluding hydrogens is 176 g/mol. The highest BCUT2D eigenvalue weighted by Crippen LogP contribution is 1.92. The van der Waals surface area contributed by atoms with Gasteiger partial charge in [0.2, 0.25) is 0 Å². The molecule has 0 spiro atoms. The molecule has 5 heteroatoms. The molecule has 11 heavy (non-hydrogen) atoms. The Labute approximate surface area is 71.6 Å². The van der Waals surface area contributed by atoms with E-state index in [2.05, 4.69) is 13.2 Å². The molecule has 0 amide bonds. The third kappa shape index (κ3) is 4.71. The van der Waals surface area contributed by atoms with Gasteiger partial charge in [0.05, 0.1) is 0 Å². The summed E-state index contributed by atoms with van der Waals surface area (Å²) in [6.45, 7) is 6.81. The second-order valence-electron chi connectivity index (χ2n) is 1.87. The maximum Gasteiger partial charge on any atom is 0.330 e. The van der Waals surface area contributed by atoms with Crippen molar-refractivity contribution in [3.63, 3.8) is 0 Å². The van der Waals surface area contributed by atoms with E-state index in [0.717, 1.165) is 6.08 Å². The van der Waals surface area contributed by atoms with Crippen LogP contribution >= 0.6 is 0 Å². The highest BCUT2D eigenvalue weighted by molar-refractivity contribution is 6.36. The predicted octanol–water partition coefficient (Wildman–Crippen LogP) is -1.39. The van der Waals surface area contributed by atoms with Crippen LogP contribution in [-0.2, 0) is 13.6 Å². The number of hydrogen-bond acceptors (Lipinski definition) is 3. The summed E-state index contributed by atoms with van der Waals surface area (Å²) in [5.41, 5.74) is -0.210. The third-order valence-corrected chi connectivity index (χ3v) is 3.19. The van der Waals surface area contributed by atoms with Crippen LogP contribution in [0.15, 0.2) is 25.3 Å². The van der Waals surface area contributed by atoms with Crippen LogP contribution in [-0.4, -0.2) is 31.9 Å². The number of rotatable bonds is 5. The minimum absolute atomic E-state index is 0.210. The van der Waals surface area contributed by atoms with Crippen LogP contribution in [0.2, 0.25) is 0 Å². The fourth-order valence-electron chi connectivity index (χ4n) is 0.512. The number of esters is 1. The van der Waals surface area contributed by atoms with E-state index in [-0.39, 0.29) is 5.73 Å². The van der Waals surface area contributed by atoms with Crippen LogP contribution in [0.5, 0.6) is 0 Å². The van der Waals surface area contributed by atoms with Gasteiger partial charge in [0.15, 0.2) is 9.76 Å². The van der Waals surface area contributed by atoms with Crippen molar-refractivity contribution in [2.75, 3.05) is 0 Å². The zero-order chi connectivity index (χ0) is 8.69. The van der Waals surface area contributed by atoms with E-state index in [9.17, 15) is 4.79 Å². The monoisotopic (exact) mass is 188 g/mol. The van der Waals surface area contributed by atoms with Gasteiger partial charge >= 0.3 is 5.97 Å². The number of carbonyl (C=O) groups is 1. The topological polar surface area (TPSA) is 35.5 Å². The Morgan fingerprint density at radius 1 is 1.64 bits per heavy atom. The van der Waals surface area contributed by atoms with E-state index in [1.807, 2.05) is 0 Å². The van der Waals surface area contributed by atoms with Gasteiger partial charge in [-0.25, -0.2) is 4.79 Å². The van der Waals surface area contributed by atoms with Crippen molar-refractivity contribution in [2.45, 2.75) is 5.73 Å². The summed E-state index contributed by atoms with van der Waals surface area (Å²) in [5.74, 6) is -0.416. The SMILES string of the molecule is C=CC(=O)OC(C=C)[SiH2]O[SiH3]. The molecule has 1 atom stereocenters. The van der Waals surface area contributed by atoms with Gasteiger partial charge in [0.1, 0.15) is 16.2 Å². The Bertz CT molecular complexity index is 158. The van der Waals surface area contributed by atoms with Crippen molar-refractivity contribution in [3.8, 4) is 0 Å². The second-order valence-corrected chi connectivity index (χ2v) is 5.32. The largest absolute Gasteiger partial charge is 0.465 e. The molecule has 3 nitrogen and oxygen atoms in total. The number of ether oxygens (including phenoxy) is 1. The second kappa shape index (κ2) is 6.08. The van der Waals surface area contributed by atoms with Crippen molar-refractivity contribution in [2.24, 2.45) is 0 Å². The summed E-state index contributed by atoms with van der Waals surface area (Å²) < 4.78 is 9.91. The van der Waals surface area contributed by atoms with Crippen LogP contribution in [0.4, 0.5) is 0 Å². The zero-order valence-corrected chi connectivity index (χ0v) is 9.99. The van der Waals surface area contributed by atoms with E-state index in [4.69, 9.17) is 8.85 Å². The van der Waals surface area contributed by atoms with Gasteiger partial charge in [-0.1, -0.05) is 19.2 Å². The summed E-state index contributed by atoms with van der Waals surface area (Å²) in [6, 6.07) is 0. The number of hydrogen-bond donors (Lipinski definition) is 0. The molecule has 0 aliphatic heterocycles. The maximum atomic E-state index is 10.6. The molecule has 0 aromatic heterocycles. The Kier molecular flexibility index (Phi) is 5.72.